The molecule has 2 rings (SSSR count). The van der Waals surface area contributed by atoms with Crippen molar-refractivity contribution in [2.24, 2.45) is 5.10 Å². The van der Waals surface area contributed by atoms with Crippen LogP contribution in [0.1, 0.15) is 37.3 Å². The van der Waals surface area contributed by atoms with Crippen LogP contribution in [-0.4, -0.2) is 23.8 Å². The van der Waals surface area contributed by atoms with E-state index < -0.39 is 0 Å². The summed E-state index contributed by atoms with van der Waals surface area (Å²) in [5.74, 6) is 0.896. The van der Waals surface area contributed by atoms with Crippen LogP contribution in [0.5, 0.6) is 11.5 Å². The number of benzene rings is 2. The van der Waals surface area contributed by atoms with E-state index in [9.17, 15) is 9.90 Å². The van der Waals surface area contributed by atoms with Gasteiger partial charge in [0.15, 0.2) is 6.61 Å². The number of rotatable bonds is 7. The number of nitrogens with one attached hydrogen (secondary N) is 1. The number of carbonyl (C=O) groups is 1. The Bertz CT molecular complexity index is 769. The maximum Gasteiger partial charge on any atom is 0.277 e. The molecule has 0 saturated carbocycles. The van der Waals surface area contributed by atoms with Crippen LogP contribution in [0.15, 0.2) is 50.4 Å². The second-order valence-electron chi connectivity index (χ2n) is 5.79. The minimum absolute atomic E-state index is 0.110. The third-order valence-electron chi connectivity index (χ3n) is 3.87. The first kappa shape index (κ1) is 20.5. The van der Waals surface area contributed by atoms with Gasteiger partial charge in [-0.2, -0.15) is 5.10 Å². The summed E-state index contributed by atoms with van der Waals surface area (Å²) in [6.07, 6.45) is 2.56. The average molecular weight is 484 g/mol. The van der Waals surface area contributed by atoms with Gasteiger partial charge in [-0.05, 0) is 79.6 Å². The Morgan fingerprint density at radius 3 is 2.46 bits per heavy atom. The van der Waals surface area contributed by atoms with Gasteiger partial charge >= 0.3 is 0 Å². The van der Waals surface area contributed by atoms with Crippen LogP contribution < -0.4 is 10.2 Å². The molecule has 0 aliphatic heterocycles. The zero-order valence-corrected chi connectivity index (χ0v) is 17.7. The maximum atomic E-state index is 11.8. The Morgan fingerprint density at radius 2 is 1.88 bits per heavy atom. The first-order valence-corrected chi connectivity index (χ1v) is 9.72. The zero-order chi connectivity index (χ0) is 19.1. The number of nitrogens with zero attached hydrogens (tertiary/aromatic N) is 1. The summed E-state index contributed by atoms with van der Waals surface area (Å²) in [5.41, 5.74) is 4.37. The third kappa shape index (κ3) is 5.85. The lowest BCUT2D eigenvalue weighted by Crippen LogP contribution is -2.24. The van der Waals surface area contributed by atoms with E-state index >= 15 is 0 Å². The lowest BCUT2D eigenvalue weighted by molar-refractivity contribution is -0.123. The van der Waals surface area contributed by atoms with Crippen LogP contribution >= 0.6 is 31.9 Å². The zero-order valence-electron chi connectivity index (χ0n) is 14.5. The van der Waals surface area contributed by atoms with E-state index in [1.165, 1.54) is 11.8 Å². The number of hydrazone groups is 1. The second-order valence-corrected chi connectivity index (χ2v) is 7.50. The normalized spacial score (nSPS) is 12.2. The van der Waals surface area contributed by atoms with Gasteiger partial charge < -0.3 is 9.84 Å². The van der Waals surface area contributed by atoms with E-state index in [1.54, 1.807) is 12.1 Å². The summed E-state index contributed by atoms with van der Waals surface area (Å²) >= 11 is 6.48. The molecule has 0 aromatic heterocycles. The highest BCUT2D eigenvalue weighted by atomic mass is 79.9. The molecule has 0 aliphatic carbocycles. The van der Waals surface area contributed by atoms with Crippen molar-refractivity contribution in [1.82, 2.24) is 5.43 Å². The molecule has 2 aromatic carbocycles. The molecule has 0 radical (unpaired) electrons. The van der Waals surface area contributed by atoms with E-state index in [0.29, 0.717) is 26.2 Å². The molecule has 2 N–H and O–H groups in total. The summed E-state index contributed by atoms with van der Waals surface area (Å²) in [6, 6.07) is 11.1. The number of hydrogen-bond donors (Lipinski definition) is 2. The predicted molar refractivity (Wildman–Crippen MR) is 110 cm³/mol. The molecule has 0 aliphatic rings. The van der Waals surface area contributed by atoms with Crippen molar-refractivity contribution in [3.63, 3.8) is 0 Å². The molecule has 138 valence electrons. The molecule has 0 bridgehead atoms. The van der Waals surface area contributed by atoms with Crippen LogP contribution in [-0.2, 0) is 4.79 Å². The molecule has 1 atom stereocenters. The molecule has 5 nitrogen and oxygen atoms in total. The van der Waals surface area contributed by atoms with Crippen molar-refractivity contribution in [2.75, 3.05) is 6.61 Å². The fourth-order valence-electron chi connectivity index (χ4n) is 2.15. The Kier molecular flexibility index (Phi) is 7.66. The van der Waals surface area contributed by atoms with Crippen LogP contribution in [0.4, 0.5) is 0 Å². The molecule has 0 heterocycles. The van der Waals surface area contributed by atoms with E-state index in [2.05, 4.69) is 56.2 Å². The molecule has 1 amide bonds. The first-order valence-electron chi connectivity index (χ1n) is 8.13. The number of phenolic OH excluding ortho intramolecular Hbond substituents is 1. The fraction of sp³-hybridized carbons (Fsp3) is 0.263. The molecule has 0 unspecified atom stereocenters. The van der Waals surface area contributed by atoms with Crippen molar-refractivity contribution in [3.05, 3.63) is 56.5 Å². The lowest BCUT2D eigenvalue weighted by Gasteiger charge is -2.10. The van der Waals surface area contributed by atoms with E-state index in [0.717, 1.165) is 6.42 Å². The Balaban J connectivity index is 1.83. The van der Waals surface area contributed by atoms with Crippen LogP contribution in [0.3, 0.4) is 0 Å². The molecule has 0 saturated heterocycles. The van der Waals surface area contributed by atoms with Gasteiger partial charge in [-0.1, -0.05) is 26.0 Å². The highest BCUT2D eigenvalue weighted by Gasteiger charge is 2.06. The standard InChI is InChI=1S/C19H20Br2N2O3/c1-3-12(2)14-4-6-15(7-5-14)26-11-18(24)23-22-10-13-8-16(20)19(25)17(21)9-13/h4-10,12,25H,3,11H2,1-2H3,(H,23,24)/b22-10+/t12-/m0/s1. The van der Waals surface area contributed by atoms with Gasteiger partial charge in [-0.15, -0.1) is 0 Å². The van der Waals surface area contributed by atoms with Gasteiger partial charge in [0.25, 0.3) is 5.91 Å². The molecular formula is C19H20Br2N2O3. The van der Waals surface area contributed by atoms with Crippen molar-refractivity contribution < 1.29 is 14.6 Å². The number of ether oxygens (including phenoxy) is 1. The summed E-state index contributed by atoms with van der Waals surface area (Å²) < 4.78 is 6.52. The molecule has 0 spiro atoms. The molecule has 7 heteroatoms. The fourth-order valence-corrected chi connectivity index (χ4v) is 3.37. The topological polar surface area (TPSA) is 70.9 Å². The van der Waals surface area contributed by atoms with Gasteiger partial charge in [-0.3, -0.25) is 4.79 Å². The predicted octanol–water partition coefficient (Wildman–Crippen LogP) is 4.96. The molecule has 0 fully saturated rings. The maximum absolute atomic E-state index is 11.8. The lowest BCUT2D eigenvalue weighted by atomic mass is 9.99. The van der Waals surface area contributed by atoms with Crippen LogP contribution in [0.25, 0.3) is 0 Å². The largest absolute Gasteiger partial charge is 0.506 e. The van der Waals surface area contributed by atoms with Gasteiger partial charge in [0, 0.05) is 0 Å². The molecule has 26 heavy (non-hydrogen) atoms. The van der Waals surface area contributed by atoms with Gasteiger partial charge in [0.05, 0.1) is 15.2 Å². The Hall–Kier alpha value is -1.86. The van der Waals surface area contributed by atoms with Gasteiger partial charge in [0.2, 0.25) is 0 Å². The second kappa shape index (κ2) is 9.73. The smallest absolute Gasteiger partial charge is 0.277 e. The van der Waals surface area contributed by atoms with E-state index in [4.69, 9.17) is 4.74 Å². The quantitative estimate of drug-likeness (QED) is 0.431. The third-order valence-corrected chi connectivity index (χ3v) is 5.08. The average Bonchev–Trinajstić information content (AvgIpc) is 2.64. The minimum atomic E-state index is -0.357. The number of halogens is 2. The Labute approximate surface area is 169 Å². The minimum Gasteiger partial charge on any atom is -0.506 e. The number of aromatic hydroxyl groups is 1. The number of carbonyl (C=O) groups excluding carboxylic acids is 1. The summed E-state index contributed by atoms with van der Waals surface area (Å²) in [7, 11) is 0. The highest BCUT2D eigenvalue weighted by molar-refractivity contribution is 9.11. The first-order chi connectivity index (χ1) is 12.4. The van der Waals surface area contributed by atoms with Crippen molar-refractivity contribution in [1.29, 1.82) is 0 Å². The monoisotopic (exact) mass is 482 g/mol. The van der Waals surface area contributed by atoms with Crippen LogP contribution in [0, 0.1) is 0 Å². The SMILES string of the molecule is CC[C@H](C)c1ccc(OCC(=O)N/N=C/c2cc(Br)c(O)c(Br)c2)cc1. The summed E-state index contributed by atoms with van der Waals surface area (Å²) in [5, 5.41) is 13.5. The van der Waals surface area contributed by atoms with E-state index in [-0.39, 0.29) is 18.3 Å². The van der Waals surface area contributed by atoms with E-state index in [1.807, 2.05) is 24.3 Å². The number of amides is 1. The highest BCUT2D eigenvalue weighted by Crippen LogP contribution is 2.32. The van der Waals surface area contributed by atoms with Gasteiger partial charge in [-0.25, -0.2) is 5.43 Å². The summed E-state index contributed by atoms with van der Waals surface area (Å²) in [4.78, 5) is 11.8. The van der Waals surface area contributed by atoms with Gasteiger partial charge in [0.1, 0.15) is 11.5 Å². The Morgan fingerprint density at radius 1 is 1.27 bits per heavy atom. The van der Waals surface area contributed by atoms with Crippen molar-refractivity contribution >= 4 is 44.0 Å². The summed E-state index contributed by atoms with van der Waals surface area (Å²) in [6.45, 7) is 4.20. The number of phenols is 1. The molecular weight excluding hydrogens is 464 g/mol. The molecule has 2 aromatic rings. The van der Waals surface area contributed by atoms with Crippen molar-refractivity contribution in [3.8, 4) is 11.5 Å². The van der Waals surface area contributed by atoms with Crippen molar-refractivity contribution in [2.45, 2.75) is 26.2 Å². The number of hydrogen-bond acceptors (Lipinski definition) is 4. The van der Waals surface area contributed by atoms with Crippen LogP contribution in [0.2, 0.25) is 0 Å².